The largest absolute Gasteiger partial charge is 0.507 e. The molecule has 1 aromatic carbocycles. The van der Waals surface area contributed by atoms with Crippen molar-refractivity contribution < 1.29 is 9.84 Å². The SMILES string of the molecule is CCCC1CCCN(C(C)c2ccc(OC)cc2O)CC1. The first-order valence-electron chi connectivity index (χ1n) is 8.26. The molecule has 0 bridgehead atoms. The number of nitrogens with zero attached hydrogens (tertiary/aromatic N) is 1. The molecule has 1 fully saturated rings. The van der Waals surface area contributed by atoms with E-state index < -0.39 is 0 Å². The molecule has 1 saturated heterocycles. The average Bonchev–Trinajstić information content (AvgIpc) is 2.72. The Morgan fingerprint density at radius 2 is 2.14 bits per heavy atom. The monoisotopic (exact) mass is 291 g/mol. The summed E-state index contributed by atoms with van der Waals surface area (Å²) < 4.78 is 5.16. The van der Waals surface area contributed by atoms with Crippen LogP contribution in [0, 0.1) is 5.92 Å². The number of likely N-dealkylation sites (tertiary alicyclic amines) is 1. The number of hydrogen-bond donors (Lipinski definition) is 1. The van der Waals surface area contributed by atoms with Crippen molar-refractivity contribution in [2.45, 2.75) is 52.0 Å². The van der Waals surface area contributed by atoms with Gasteiger partial charge >= 0.3 is 0 Å². The first-order valence-corrected chi connectivity index (χ1v) is 8.26. The molecule has 0 aromatic heterocycles. The van der Waals surface area contributed by atoms with E-state index >= 15 is 0 Å². The summed E-state index contributed by atoms with van der Waals surface area (Å²) in [5.41, 5.74) is 1.00. The van der Waals surface area contributed by atoms with Gasteiger partial charge in [-0.3, -0.25) is 4.90 Å². The number of methoxy groups -OCH3 is 1. The number of phenolic OH excluding ortho intramolecular Hbond substituents is 1. The van der Waals surface area contributed by atoms with Gasteiger partial charge in [0.15, 0.2) is 0 Å². The summed E-state index contributed by atoms with van der Waals surface area (Å²) in [4.78, 5) is 2.51. The Morgan fingerprint density at radius 1 is 1.33 bits per heavy atom. The van der Waals surface area contributed by atoms with E-state index in [1.165, 1.54) is 32.1 Å². The number of rotatable bonds is 5. The third-order valence-electron chi connectivity index (χ3n) is 4.81. The summed E-state index contributed by atoms with van der Waals surface area (Å²) in [6.45, 7) is 6.74. The second-order valence-corrected chi connectivity index (χ2v) is 6.22. The second-order valence-electron chi connectivity index (χ2n) is 6.22. The number of hydrogen-bond acceptors (Lipinski definition) is 3. The number of aromatic hydroxyl groups is 1. The maximum absolute atomic E-state index is 10.2. The Balaban J connectivity index is 2.04. The van der Waals surface area contributed by atoms with E-state index in [-0.39, 0.29) is 6.04 Å². The molecule has 0 spiro atoms. The van der Waals surface area contributed by atoms with Crippen LogP contribution in [-0.4, -0.2) is 30.2 Å². The maximum Gasteiger partial charge on any atom is 0.124 e. The molecule has 0 aliphatic carbocycles. The van der Waals surface area contributed by atoms with Crippen molar-refractivity contribution in [1.29, 1.82) is 0 Å². The Morgan fingerprint density at radius 3 is 2.81 bits per heavy atom. The number of phenols is 1. The van der Waals surface area contributed by atoms with Gasteiger partial charge in [0.25, 0.3) is 0 Å². The normalized spacial score (nSPS) is 21.8. The summed E-state index contributed by atoms with van der Waals surface area (Å²) in [6, 6.07) is 5.90. The van der Waals surface area contributed by atoms with Gasteiger partial charge in [0.05, 0.1) is 7.11 Å². The lowest BCUT2D eigenvalue weighted by Gasteiger charge is -2.28. The zero-order valence-electron chi connectivity index (χ0n) is 13.6. The van der Waals surface area contributed by atoms with Crippen LogP contribution in [0.15, 0.2) is 18.2 Å². The topological polar surface area (TPSA) is 32.7 Å². The smallest absolute Gasteiger partial charge is 0.124 e. The lowest BCUT2D eigenvalue weighted by molar-refractivity contribution is 0.212. The van der Waals surface area contributed by atoms with Crippen molar-refractivity contribution in [3.05, 3.63) is 23.8 Å². The van der Waals surface area contributed by atoms with Crippen molar-refractivity contribution in [1.82, 2.24) is 4.90 Å². The highest BCUT2D eigenvalue weighted by molar-refractivity contribution is 5.41. The van der Waals surface area contributed by atoms with Crippen LogP contribution in [0.25, 0.3) is 0 Å². The molecule has 2 atom stereocenters. The molecule has 118 valence electrons. The van der Waals surface area contributed by atoms with Gasteiger partial charge in [0.2, 0.25) is 0 Å². The van der Waals surface area contributed by atoms with Crippen molar-refractivity contribution in [2.75, 3.05) is 20.2 Å². The molecule has 21 heavy (non-hydrogen) atoms. The average molecular weight is 291 g/mol. The summed E-state index contributed by atoms with van der Waals surface area (Å²) in [5, 5.41) is 10.2. The molecular formula is C18H29NO2. The molecule has 1 aromatic rings. The molecule has 0 radical (unpaired) electrons. The Kier molecular flexibility index (Phi) is 5.92. The number of benzene rings is 1. The van der Waals surface area contributed by atoms with Gasteiger partial charge in [0.1, 0.15) is 11.5 Å². The van der Waals surface area contributed by atoms with Gasteiger partial charge in [-0.25, -0.2) is 0 Å². The van der Waals surface area contributed by atoms with E-state index in [4.69, 9.17) is 4.74 Å². The van der Waals surface area contributed by atoms with Crippen LogP contribution in [0.4, 0.5) is 0 Å². The molecular weight excluding hydrogens is 262 g/mol. The molecule has 1 aliphatic heterocycles. The fourth-order valence-electron chi connectivity index (χ4n) is 3.47. The van der Waals surface area contributed by atoms with Gasteiger partial charge in [-0.15, -0.1) is 0 Å². The van der Waals surface area contributed by atoms with E-state index in [0.29, 0.717) is 11.5 Å². The summed E-state index contributed by atoms with van der Waals surface area (Å²) in [5.74, 6) is 1.94. The third-order valence-corrected chi connectivity index (χ3v) is 4.81. The molecule has 1 heterocycles. The lowest BCUT2D eigenvalue weighted by atomic mass is 9.96. The molecule has 1 N–H and O–H groups in total. The number of ether oxygens (including phenoxy) is 1. The van der Waals surface area contributed by atoms with Gasteiger partial charge in [-0.05, 0) is 51.3 Å². The quantitative estimate of drug-likeness (QED) is 0.874. The van der Waals surface area contributed by atoms with Gasteiger partial charge < -0.3 is 9.84 Å². The minimum Gasteiger partial charge on any atom is -0.507 e. The zero-order chi connectivity index (χ0) is 15.2. The van der Waals surface area contributed by atoms with E-state index in [0.717, 1.165) is 24.6 Å². The van der Waals surface area contributed by atoms with Crippen molar-refractivity contribution in [2.24, 2.45) is 5.92 Å². The van der Waals surface area contributed by atoms with Gasteiger partial charge in [-0.2, -0.15) is 0 Å². The lowest BCUT2D eigenvalue weighted by Crippen LogP contribution is -2.28. The first kappa shape index (κ1) is 16.2. The summed E-state index contributed by atoms with van der Waals surface area (Å²) in [7, 11) is 1.63. The van der Waals surface area contributed by atoms with E-state index in [1.54, 1.807) is 13.2 Å². The first-order chi connectivity index (χ1) is 10.2. The van der Waals surface area contributed by atoms with Crippen molar-refractivity contribution in [3.8, 4) is 11.5 Å². The minimum absolute atomic E-state index is 0.260. The van der Waals surface area contributed by atoms with Crippen LogP contribution in [0.1, 0.15) is 57.6 Å². The molecule has 1 aliphatic rings. The van der Waals surface area contributed by atoms with Crippen molar-refractivity contribution in [3.63, 3.8) is 0 Å². The molecule has 3 nitrogen and oxygen atoms in total. The van der Waals surface area contributed by atoms with Crippen LogP contribution in [0.3, 0.4) is 0 Å². The Bertz CT molecular complexity index is 447. The fraction of sp³-hybridized carbons (Fsp3) is 0.667. The predicted molar refractivity (Wildman–Crippen MR) is 86.9 cm³/mol. The van der Waals surface area contributed by atoms with Gasteiger partial charge in [0, 0.05) is 17.7 Å². The third kappa shape index (κ3) is 4.13. The molecule has 2 rings (SSSR count). The van der Waals surface area contributed by atoms with E-state index in [2.05, 4.69) is 18.7 Å². The predicted octanol–water partition coefficient (Wildman–Crippen LogP) is 4.36. The van der Waals surface area contributed by atoms with E-state index in [1.807, 2.05) is 12.1 Å². The van der Waals surface area contributed by atoms with Crippen LogP contribution in [0.5, 0.6) is 11.5 Å². The molecule has 2 unspecified atom stereocenters. The highest BCUT2D eigenvalue weighted by Gasteiger charge is 2.22. The molecule has 0 amide bonds. The van der Waals surface area contributed by atoms with Crippen LogP contribution in [-0.2, 0) is 0 Å². The van der Waals surface area contributed by atoms with E-state index in [9.17, 15) is 5.11 Å². The second kappa shape index (κ2) is 7.69. The van der Waals surface area contributed by atoms with Crippen LogP contribution < -0.4 is 4.74 Å². The van der Waals surface area contributed by atoms with Crippen molar-refractivity contribution >= 4 is 0 Å². The summed E-state index contributed by atoms with van der Waals surface area (Å²) in [6.07, 6.45) is 6.56. The highest BCUT2D eigenvalue weighted by Crippen LogP contribution is 2.33. The fourth-order valence-corrected chi connectivity index (χ4v) is 3.47. The van der Waals surface area contributed by atoms with Crippen LogP contribution >= 0.6 is 0 Å². The Hall–Kier alpha value is -1.22. The van der Waals surface area contributed by atoms with Gasteiger partial charge in [-0.1, -0.05) is 25.8 Å². The van der Waals surface area contributed by atoms with Crippen LogP contribution in [0.2, 0.25) is 0 Å². The summed E-state index contributed by atoms with van der Waals surface area (Å²) >= 11 is 0. The molecule has 3 heteroatoms. The Labute approximate surface area is 128 Å². The minimum atomic E-state index is 0.260. The molecule has 0 saturated carbocycles. The standard InChI is InChI=1S/C18H29NO2/c1-4-6-15-7-5-11-19(12-10-15)14(2)17-9-8-16(21-3)13-18(17)20/h8-9,13-15,20H,4-7,10-12H2,1-3H3. The maximum atomic E-state index is 10.2. The highest BCUT2D eigenvalue weighted by atomic mass is 16.5. The zero-order valence-corrected chi connectivity index (χ0v) is 13.6.